The minimum atomic E-state index is -0.243. The molecule has 13 heavy (non-hydrogen) atoms. The second-order valence-electron chi connectivity index (χ2n) is 2.60. The smallest absolute Gasteiger partial charge is 0.196 e. The van der Waals surface area contributed by atoms with Crippen molar-refractivity contribution in [3.8, 4) is 11.5 Å². The Morgan fingerprint density at radius 1 is 1.15 bits per heavy atom. The van der Waals surface area contributed by atoms with Crippen molar-refractivity contribution in [2.75, 3.05) is 14.2 Å². The van der Waals surface area contributed by atoms with E-state index in [4.69, 9.17) is 14.2 Å². The van der Waals surface area contributed by atoms with Crippen LogP contribution in [0.5, 0.6) is 11.5 Å². The molecule has 0 radical (unpaired) electrons. The van der Waals surface area contributed by atoms with Gasteiger partial charge in [-0.1, -0.05) is 6.07 Å². The van der Waals surface area contributed by atoms with Gasteiger partial charge in [-0.2, -0.15) is 0 Å². The summed E-state index contributed by atoms with van der Waals surface area (Å²) in [4.78, 5) is 0. The lowest BCUT2D eigenvalue weighted by atomic mass is 10.3. The third-order valence-electron chi connectivity index (χ3n) is 1.68. The Balaban J connectivity index is 2.66. The Morgan fingerprint density at radius 3 is 2.46 bits per heavy atom. The fourth-order valence-corrected chi connectivity index (χ4v) is 0.914. The van der Waals surface area contributed by atoms with Gasteiger partial charge in [0, 0.05) is 13.2 Å². The van der Waals surface area contributed by atoms with E-state index in [-0.39, 0.29) is 6.29 Å². The normalized spacial score (nSPS) is 12.2. The molecule has 1 aromatic rings. The summed E-state index contributed by atoms with van der Waals surface area (Å²) >= 11 is 0. The molecule has 3 heteroatoms. The number of methoxy groups -OCH3 is 2. The van der Waals surface area contributed by atoms with Crippen LogP contribution in [0.3, 0.4) is 0 Å². The Labute approximate surface area is 78.2 Å². The lowest BCUT2D eigenvalue weighted by molar-refractivity contribution is -0.0383. The first kappa shape index (κ1) is 9.86. The average molecular weight is 182 g/mol. The highest BCUT2D eigenvalue weighted by Gasteiger charge is 2.01. The summed E-state index contributed by atoms with van der Waals surface area (Å²) in [5, 5.41) is 0. The summed E-state index contributed by atoms with van der Waals surface area (Å²) in [6, 6.07) is 7.41. The Morgan fingerprint density at radius 2 is 1.85 bits per heavy atom. The minimum Gasteiger partial charge on any atom is -0.497 e. The summed E-state index contributed by atoms with van der Waals surface area (Å²) in [5.41, 5.74) is 0. The van der Waals surface area contributed by atoms with Gasteiger partial charge >= 0.3 is 0 Å². The van der Waals surface area contributed by atoms with Crippen LogP contribution >= 0.6 is 0 Å². The zero-order valence-electron chi connectivity index (χ0n) is 8.11. The molecule has 0 aliphatic heterocycles. The van der Waals surface area contributed by atoms with Gasteiger partial charge in [-0.25, -0.2) is 0 Å². The van der Waals surface area contributed by atoms with E-state index in [1.54, 1.807) is 14.2 Å². The topological polar surface area (TPSA) is 27.7 Å². The molecule has 1 unspecified atom stereocenters. The molecule has 0 saturated heterocycles. The molecule has 0 amide bonds. The third-order valence-corrected chi connectivity index (χ3v) is 1.68. The van der Waals surface area contributed by atoms with E-state index in [9.17, 15) is 0 Å². The second-order valence-corrected chi connectivity index (χ2v) is 2.60. The summed E-state index contributed by atoms with van der Waals surface area (Å²) in [5.74, 6) is 1.52. The van der Waals surface area contributed by atoms with Crippen LogP contribution in [0.4, 0.5) is 0 Å². The van der Waals surface area contributed by atoms with Crippen LogP contribution < -0.4 is 9.47 Å². The van der Waals surface area contributed by atoms with Gasteiger partial charge in [0.05, 0.1) is 7.11 Å². The number of hydrogen-bond acceptors (Lipinski definition) is 3. The first-order chi connectivity index (χ1) is 6.26. The van der Waals surface area contributed by atoms with E-state index in [2.05, 4.69) is 0 Å². The Bertz CT molecular complexity index is 260. The third kappa shape index (κ3) is 2.95. The maximum Gasteiger partial charge on any atom is 0.196 e. The first-order valence-electron chi connectivity index (χ1n) is 4.09. The minimum absolute atomic E-state index is 0.243. The second kappa shape index (κ2) is 4.72. The van der Waals surface area contributed by atoms with Crippen molar-refractivity contribution >= 4 is 0 Å². The number of hydrogen-bond donors (Lipinski definition) is 0. The molecule has 1 atom stereocenters. The molecule has 3 nitrogen and oxygen atoms in total. The van der Waals surface area contributed by atoms with E-state index in [0.717, 1.165) is 11.5 Å². The first-order valence-corrected chi connectivity index (χ1v) is 4.09. The lowest BCUT2D eigenvalue weighted by Gasteiger charge is -2.12. The Hall–Kier alpha value is -1.22. The predicted molar refractivity (Wildman–Crippen MR) is 50.1 cm³/mol. The van der Waals surface area contributed by atoms with Crippen molar-refractivity contribution in [2.24, 2.45) is 0 Å². The van der Waals surface area contributed by atoms with Gasteiger partial charge < -0.3 is 14.2 Å². The lowest BCUT2D eigenvalue weighted by Crippen LogP contribution is -2.13. The van der Waals surface area contributed by atoms with Crippen molar-refractivity contribution in [2.45, 2.75) is 13.2 Å². The summed E-state index contributed by atoms with van der Waals surface area (Å²) < 4.78 is 15.4. The maximum atomic E-state index is 5.40. The molecule has 0 fully saturated rings. The van der Waals surface area contributed by atoms with E-state index in [1.165, 1.54) is 0 Å². The van der Waals surface area contributed by atoms with E-state index < -0.39 is 0 Å². The van der Waals surface area contributed by atoms with Gasteiger partial charge in [-0.15, -0.1) is 0 Å². The predicted octanol–water partition coefficient (Wildman–Crippen LogP) is 2.07. The molecule has 1 rings (SSSR count). The van der Waals surface area contributed by atoms with Gasteiger partial charge in [-0.05, 0) is 19.1 Å². The van der Waals surface area contributed by atoms with Crippen molar-refractivity contribution in [3.05, 3.63) is 24.3 Å². The van der Waals surface area contributed by atoms with Gasteiger partial charge in [0.2, 0.25) is 0 Å². The van der Waals surface area contributed by atoms with Crippen molar-refractivity contribution in [1.82, 2.24) is 0 Å². The highest BCUT2D eigenvalue weighted by Crippen LogP contribution is 2.19. The van der Waals surface area contributed by atoms with Crippen LogP contribution in [0.15, 0.2) is 24.3 Å². The summed E-state index contributed by atoms with van der Waals surface area (Å²) in [6.45, 7) is 1.83. The zero-order chi connectivity index (χ0) is 9.68. The average Bonchev–Trinajstić information content (AvgIpc) is 2.18. The molecule has 1 aromatic carbocycles. The molecule has 0 aromatic heterocycles. The van der Waals surface area contributed by atoms with Crippen LogP contribution in [0.2, 0.25) is 0 Å². The molecule has 0 aliphatic carbocycles. The number of ether oxygens (including phenoxy) is 3. The Kier molecular flexibility index (Phi) is 3.58. The summed E-state index contributed by atoms with van der Waals surface area (Å²) in [6.07, 6.45) is -0.243. The van der Waals surface area contributed by atoms with Gasteiger partial charge in [-0.3, -0.25) is 0 Å². The molecular weight excluding hydrogens is 168 g/mol. The van der Waals surface area contributed by atoms with Crippen LogP contribution in [-0.2, 0) is 4.74 Å². The number of benzene rings is 1. The van der Waals surface area contributed by atoms with Crippen molar-refractivity contribution in [1.29, 1.82) is 0 Å². The quantitative estimate of drug-likeness (QED) is 0.667. The highest BCUT2D eigenvalue weighted by atomic mass is 16.7. The fraction of sp³-hybridized carbons (Fsp3) is 0.400. The van der Waals surface area contributed by atoms with Crippen LogP contribution in [0, 0.1) is 0 Å². The molecule has 0 spiro atoms. The largest absolute Gasteiger partial charge is 0.497 e. The van der Waals surface area contributed by atoms with E-state index >= 15 is 0 Å². The van der Waals surface area contributed by atoms with E-state index in [0.29, 0.717) is 0 Å². The van der Waals surface area contributed by atoms with Crippen LogP contribution in [-0.4, -0.2) is 20.5 Å². The molecule has 0 aliphatic rings. The fourth-order valence-electron chi connectivity index (χ4n) is 0.914. The van der Waals surface area contributed by atoms with Crippen LogP contribution in [0.25, 0.3) is 0 Å². The molecule has 0 saturated carbocycles. The molecule has 0 bridgehead atoms. The van der Waals surface area contributed by atoms with Gasteiger partial charge in [0.1, 0.15) is 11.5 Å². The molecule has 0 heterocycles. The van der Waals surface area contributed by atoms with Crippen molar-refractivity contribution in [3.63, 3.8) is 0 Å². The monoisotopic (exact) mass is 182 g/mol. The zero-order valence-corrected chi connectivity index (χ0v) is 8.11. The van der Waals surface area contributed by atoms with Crippen LogP contribution in [0.1, 0.15) is 6.92 Å². The summed E-state index contributed by atoms with van der Waals surface area (Å²) in [7, 11) is 3.23. The molecule has 0 N–H and O–H groups in total. The SMILES string of the molecule is COc1cccc(OC(C)OC)c1. The van der Waals surface area contributed by atoms with E-state index in [1.807, 2.05) is 31.2 Å². The highest BCUT2D eigenvalue weighted by molar-refractivity contribution is 5.32. The standard InChI is InChI=1S/C10H14O3/c1-8(11-2)13-10-6-4-5-9(7-10)12-3/h4-8H,1-3H3. The van der Waals surface area contributed by atoms with Gasteiger partial charge in [0.25, 0.3) is 0 Å². The molecular formula is C10H14O3. The van der Waals surface area contributed by atoms with Crippen molar-refractivity contribution < 1.29 is 14.2 Å². The maximum absolute atomic E-state index is 5.40. The number of rotatable bonds is 4. The van der Waals surface area contributed by atoms with Gasteiger partial charge in [0.15, 0.2) is 6.29 Å². The molecule has 72 valence electrons.